The van der Waals surface area contributed by atoms with Crippen LogP contribution in [0.4, 0.5) is 9.18 Å². The standard InChI is InChI=1S/C30H30Cl2FN5O2S/c1-16-19(7-6-8-21(16)31)23-22(32)14-20-25(24(23)33)36-28(41-5)26-27(20)38(15-35-26)18-10-12-37(17(13-18)9-11-34)29(39)40-30(2,3)4/h6-8,14-15,17-18H,9-10,12-13H2,1-5H3/t17-,18+/m1/s1. The van der Waals surface area contributed by atoms with E-state index in [2.05, 4.69) is 16.0 Å². The molecule has 2 aromatic carbocycles. The number of carbonyl (C=O) groups is 1. The highest BCUT2D eigenvalue weighted by molar-refractivity contribution is 7.98. The molecule has 0 saturated carbocycles. The van der Waals surface area contributed by atoms with E-state index in [1.54, 1.807) is 35.5 Å². The fraction of sp³-hybridized carbons (Fsp3) is 0.400. The molecule has 1 amide bonds. The van der Waals surface area contributed by atoms with Gasteiger partial charge in [-0.2, -0.15) is 5.26 Å². The summed E-state index contributed by atoms with van der Waals surface area (Å²) in [5.41, 5.74) is 2.52. The number of aromatic nitrogens is 3. The SMILES string of the molecule is CSc1nc2c(F)c(-c3cccc(Cl)c3C)c(Cl)cc2c2c1ncn2[C@H]1CCN(C(=O)OC(C)(C)C)[C@H](CC#N)C1. The molecule has 3 heterocycles. The quantitative estimate of drug-likeness (QED) is 0.214. The molecular formula is C30H30Cl2FN5O2S. The first-order chi connectivity index (χ1) is 19.4. The average Bonchev–Trinajstić information content (AvgIpc) is 3.36. The van der Waals surface area contributed by atoms with Crippen molar-refractivity contribution in [3.63, 3.8) is 0 Å². The van der Waals surface area contributed by atoms with Crippen LogP contribution in [-0.2, 0) is 4.74 Å². The van der Waals surface area contributed by atoms with E-state index in [9.17, 15) is 10.1 Å². The highest BCUT2D eigenvalue weighted by Gasteiger charge is 2.36. The molecule has 0 N–H and O–H groups in total. The summed E-state index contributed by atoms with van der Waals surface area (Å²) in [6.45, 7) is 7.70. The van der Waals surface area contributed by atoms with Crippen LogP contribution in [0.3, 0.4) is 0 Å². The molecule has 2 aromatic heterocycles. The topological polar surface area (TPSA) is 84.0 Å². The number of thioether (sulfide) groups is 1. The van der Waals surface area contributed by atoms with Gasteiger partial charge in [0.05, 0.1) is 29.4 Å². The zero-order valence-electron chi connectivity index (χ0n) is 23.5. The normalized spacial score (nSPS) is 17.7. The van der Waals surface area contributed by atoms with E-state index in [1.807, 2.05) is 38.5 Å². The van der Waals surface area contributed by atoms with Crippen LogP contribution in [0.1, 0.15) is 51.6 Å². The first kappa shape index (κ1) is 29.4. The lowest BCUT2D eigenvalue weighted by Gasteiger charge is -2.39. The second-order valence-electron chi connectivity index (χ2n) is 11.2. The molecule has 0 bridgehead atoms. The molecule has 7 nitrogen and oxygen atoms in total. The van der Waals surface area contributed by atoms with E-state index in [1.165, 1.54) is 11.8 Å². The van der Waals surface area contributed by atoms with Crippen molar-refractivity contribution in [1.82, 2.24) is 19.4 Å². The number of fused-ring (bicyclic) bond motifs is 3. The maximum Gasteiger partial charge on any atom is 0.410 e. The lowest BCUT2D eigenvalue weighted by atomic mass is 9.94. The zero-order valence-corrected chi connectivity index (χ0v) is 25.8. The minimum atomic E-state index is -0.641. The van der Waals surface area contributed by atoms with Crippen LogP contribution in [0.25, 0.3) is 33.1 Å². The summed E-state index contributed by atoms with van der Waals surface area (Å²) >= 11 is 14.5. The Morgan fingerprint density at radius 2 is 2.02 bits per heavy atom. The number of imidazole rings is 1. The molecule has 1 aliphatic rings. The lowest BCUT2D eigenvalue weighted by molar-refractivity contribution is 0.00618. The maximum atomic E-state index is 16.4. The van der Waals surface area contributed by atoms with E-state index in [0.717, 1.165) is 11.1 Å². The Labute approximate surface area is 252 Å². The summed E-state index contributed by atoms with van der Waals surface area (Å²) < 4.78 is 24.0. The second kappa shape index (κ2) is 11.3. The minimum Gasteiger partial charge on any atom is -0.444 e. The van der Waals surface area contributed by atoms with Gasteiger partial charge < -0.3 is 14.2 Å². The maximum absolute atomic E-state index is 16.4. The average molecular weight is 615 g/mol. The Balaban J connectivity index is 1.63. The molecular weight excluding hydrogens is 584 g/mol. The molecule has 0 aliphatic carbocycles. The van der Waals surface area contributed by atoms with Crippen LogP contribution in [0.5, 0.6) is 0 Å². The van der Waals surface area contributed by atoms with Gasteiger partial charge in [0.1, 0.15) is 21.7 Å². The zero-order chi connectivity index (χ0) is 29.6. The van der Waals surface area contributed by atoms with Gasteiger partial charge in [-0.3, -0.25) is 0 Å². The number of pyridine rings is 1. The first-order valence-corrected chi connectivity index (χ1v) is 15.3. The third kappa shape index (κ3) is 5.45. The Hall–Kier alpha value is -3.06. The van der Waals surface area contributed by atoms with Gasteiger partial charge in [0.2, 0.25) is 0 Å². The number of nitriles is 1. The van der Waals surface area contributed by atoms with Crippen molar-refractivity contribution >= 4 is 63.0 Å². The fourth-order valence-corrected chi connectivity index (χ4v) is 6.52. The van der Waals surface area contributed by atoms with Crippen LogP contribution in [0, 0.1) is 24.1 Å². The number of benzene rings is 2. The van der Waals surface area contributed by atoms with Gasteiger partial charge >= 0.3 is 6.09 Å². The summed E-state index contributed by atoms with van der Waals surface area (Å²) in [4.78, 5) is 23.9. The number of hydrogen-bond acceptors (Lipinski definition) is 6. The van der Waals surface area contributed by atoms with Crippen molar-refractivity contribution in [2.24, 2.45) is 0 Å². The molecule has 2 atom stereocenters. The monoisotopic (exact) mass is 613 g/mol. The molecule has 0 unspecified atom stereocenters. The highest BCUT2D eigenvalue weighted by Crippen LogP contribution is 2.42. The van der Waals surface area contributed by atoms with Gasteiger partial charge in [0, 0.05) is 34.6 Å². The molecule has 0 spiro atoms. The summed E-state index contributed by atoms with van der Waals surface area (Å²) in [7, 11) is 0. The Morgan fingerprint density at radius 3 is 2.71 bits per heavy atom. The molecule has 11 heteroatoms. The van der Waals surface area contributed by atoms with Gasteiger partial charge in [-0.25, -0.2) is 19.2 Å². The van der Waals surface area contributed by atoms with Gasteiger partial charge in [0.15, 0.2) is 5.82 Å². The van der Waals surface area contributed by atoms with Crippen LogP contribution < -0.4 is 0 Å². The number of ether oxygens (including phenoxy) is 1. The number of likely N-dealkylation sites (tertiary alicyclic amines) is 1. The van der Waals surface area contributed by atoms with E-state index >= 15 is 4.39 Å². The number of piperidine rings is 1. The third-order valence-corrected chi connectivity index (χ3v) is 8.80. The van der Waals surface area contributed by atoms with Crippen molar-refractivity contribution < 1.29 is 13.9 Å². The van der Waals surface area contributed by atoms with Crippen molar-refractivity contribution in [3.05, 3.63) is 52.0 Å². The number of carbonyl (C=O) groups excluding carboxylic acids is 1. The van der Waals surface area contributed by atoms with Crippen molar-refractivity contribution in [2.45, 2.75) is 69.7 Å². The predicted octanol–water partition coefficient (Wildman–Crippen LogP) is 8.58. The summed E-state index contributed by atoms with van der Waals surface area (Å²) in [6.07, 6.45) is 4.50. The molecule has 1 aliphatic heterocycles. The largest absolute Gasteiger partial charge is 0.444 e. The van der Waals surface area contributed by atoms with Gasteiger partial charge in [-0.05, 0) is 70.1 Å². The van der Waals surface area contributed by atoms with E-state index < -0.39 is 17.5 Å². The number of rotatable bonds is 4. The van der Waals surface area contributed by atoms with Gasteiger partial charge in [0.25, 0.3) is 0 Å². The van der Waals surface area contributed by atoms with Gasteiger partial charge in [-0.1, -0.05) is 35.3 Å². The first-order valence-electron chi connectivity index (χ1n) is 13.3. The highest BCUT2D eigenvalue weighted by atomic mass is 35.5. The van der Waals surface area contributed by atoms with E-state index in [-0.39, 0.29) is 34.6 Å². The summed E-state index contributed by atoms with van der Waals surface area (Å²) in [5.74, 6) is -0.523. The molecule has 214 valence electrons. The van der Waals surface area contributed by atoms with E-state index in [4.69, 9.17) is 27.9 Å². The van der Waals surface area contributed by atoms with Crippen molar-refractivity contribution in [1.29, 1.82) is 5.26 Å². The molecule has 41 heavy (non-hydrogen) atoms. The third-order valence-electron chi connectivity index (χ3n) is 7.42. The van der Waals surface area contributed by atoms with Crippen LogP contribution in [-0.4, -0.2) is 50.0 Å². The Morgan fingerprint density at radius 1 is 1.27 bits per heavy atom. The number of hydrogen-bond donors (Lipinski definition) is 0. The molecule has 5 rings (SSSR count). The molecule has 1 fully saturated rings. The van der Waals surface area contributed by atoms with Crippen LogP contribution in [0.15, 0.2) is 35.6 Å². The second-order valence-corrected chi connectivity index (χ2v) is 12.8. The Kier molecular flexibility index (Phi) is 8.12. The smallest absolute Gasteiger partial charge is 0.410 e. The predicted molar refractivity (Wildman–Crippen MR) is 162 cm³/mol. The van der Waals surface area contributed by atoms with Crippen molar-refractivity contribution in [3.8, 4) is 17.2 Å². The molecule has 4 aromatic rings. The van der Waals surface area contributed by atoms with Crippen LogP contribution >= 0.6 is 35.0 Å². The molecule has 1 saturated heterocycles. The minimum absolute atomic E-state index is 0.0889. The van der Waals surface area contributed by atoms with Crippen molar-refractivity contribution in [2.75, 3.05) is 12.8 Å². The number of amides is 1. The van der Waals surface area contributed by atoms with E-state index in [0.29, 0.717) is 45.9 Å². The Bertz CT molecular complexity index is 1710. The van der Waals surface area contributed by atoms with Crippen LogP contribution in [0.2, 0.25) is 10.0 Å². The molecule has 0 radical (unpaired) electrons. The number of halogens is 3. The number of nitrogens with zero attached hydrogens (tertiary/aromatic N) is 5. The van der Waals surface area contributed by atoms with Gasteiger partial charge in [-0.15, -0.1) is 11.8 Å². The summed E-state index contributed by atoms with van der Waals surface area (Å²) in [6, 6.07) is 8.86. The lowest BCUT2D eigenvalue weighted by Crippen LogP contribution is -2.48. The fourth-order valence-electron chi connectivity index (χ4n) is 5.52. The summed E-state index contributed by atoms with van der Waals surface area (Å²) in [5, 5.41) is 11.5.